The molecule has 0 aliphatic carbocycles. The molecule has 0 atom stereocenters. The first kappa shape index (κ1) is 10.5. The van der Waals surface area contributed by atoms with Gasteiger partial charge in [-0.1, -0.05) is 25.5 Å². The van der Waals surface area contributed by atoms with E-state index in [4.69, 9.17) is 0 Å². The Labute approximate surface area is 65.1 Å². The summed E-state index contributed by atoms with van der Waals surface area (Å²) in [4.78, 5) is 0. The molecule has 0 nitrogen and oxygen atoms in total. The molecule has 0 radical (unpaired) electrons. The van der Waals surface area contributed by atoms with E-state index in [9.17, 15) is 13.2 Å². The minimum atomic E-state index is -4.08. The standard InChI is InChI=1S/C8H13F3/c1-3-4-5-7(2)6-8(9,10)11/h2-6H2,1H3. The van der Waals surface area contributed by atoms with Gasteiger partial charge in [-0.2, -0.15) is 13.2 Å². The average molecular weight is 166 g/mol. The first-order chi connectivity index (χ1) is 4.95. The van der Waals surface area contributed by atoms with Crippen molar-refractivity contribution >= 4 is 0 Å². The van der Waals surface area contributed by atoms with Crippen molar-refractivity contribution in [2.45, 2.75) is 38.8 Å². The van der Waals surface area contributed by atoms with Crippen LogP contribution in [0.4, 0.5) is 13.2 Å². The van der Waals surface area contributed by atoms with E-state index in [2.05, 4.69) is 6.58 Å². The van der Waals surface area contributed by atoms with E-state index in [0.29, 0.717) is 12.0 Å². The monoisotopic (exact) mass is 166 g/mol. The molecule has 0 saturated carbocycles. The SMILES string of the molecule is C=C(CCCC)CC(F)(F)F. The third-order valence-corrected chi connectivity index (χ3v) is 1.33. The van der Waals surface area contributed by atoms with E-state index in [1.54, 1.807) is 0 Å². The second kappa shape index (κ2) is 4.42. The Bertz CT molecular complexity index is 124. The maximum Gasteiger partial charge on any atom is 0.392 e. The Kier molecular flexibility index (Phi) is 4.23. The summed E-state index contributed by atoms with van der Waals surface area (Å²) in [6, 6.07) is 0. The highest BCUT2D eigenvalue weighted by Gasteiger charge is 2.27. The quantitative estimate of drug-likeness (QED) is 0.559. The molecule has 0 unspecified atom stereocenters. The van der Waals surface area contributed by atoms with Crippen LogP contribution in [0.5, 0.6) is 0 Å². The van der Waals surface area contributed by atoms with Crippen LogP contribution < -0.4 is 0 Å². The number of rotatable bonds is 4. The maximum atomic E-state index is 11.7. The Morgan fingerprint density at radius 2 is 1.91 bits per heavy atom. The normalized spacial score (nSPS) is 11.6. The van der Waals surface area contributed by atoms with Crippen molar-refractivity contribution in [1.29, 1.82) is 0 Å². The molecule has 0 spiro atoms. The summed E-state index contributed by atoms with van der Waals surface area (Å²) in [5.74, 6) is 0. The summed E-state index contributed by atoms with van der Waals surface area (Å²) in [5, 5.41) is 0. The number of hydrogen-bond donors (Lipinski definition) is 0. The van der Waals surface area contributed by atoms with Gasteiger partial charge in [-0.3, -0.25) is 0 Å². The van der Waals surface area contributed by atoms with Gasteiger partial charge in [-0.25, -0.2) is 0 Å². The summed E-state index contributed by atoms with van der Waals surface area (Å²) < 4.78 is 35.0. The smallest absolute Gasteiger partial charge is 0.171 e. The fourth-order valence-electron chi connectivity index (χ4n) is 0.799. The van der Waals surface area contributed by atoms with Crippen molar-refractivity contribution in [3.63, 3.8) is 0 Å². The lowest BCUT2D eigenvalue weighted by Crippen LogP contribution is -2.07. The first-order valence-electron chi connectivity index (χ1n) is 3.69. The van der Waals surface area contributed by atoms with E-state index < -0.39 is 12.6 Å². The van der Waals surface area contributed by atoms with Crippen LogP contribution in [0.15, 0.2) is 12.2 Å². The molecule has 0 rings (SSSR count). The lowest BCUT2D eigenvalue weighted by molar-refractivity contribution is -0.127. The van der Waals surface area contributed by atoms with Gasteiger partial charge >= 0.3 is 6.18 Å². The van der Waals surface area contributed by atoms with Crippen molar-refractivity contribution < 1.29 is 13.2 Å². The molecule has 0 aromatic heterocycles. The Morgan fingerprint density at radius 3 is 2.27 bits per heavy atom. The molecule has 0 fully saturated rings. The fourth-order valence-corrected chi connectivity index (χ4v) is 0.799. The minimum Gasteiger partial charge on any atom is -0.171 e. The summed E-state index contributed by atoms with van der Waals surface area (Å²) in [6.07, 6.45) is -2.69. The molecule has 0 heterocycles. The number of halogens is 3. The zero-order valence-electron chi connectivity index (χ0n) is 6.67. The van der Waals surface area contributed by atoms with Gasteiger partial charge in [0.2, 0.25) is 0 Å². The van der Waals surface area contributed by atoms with Crippen LogP contribution in [0.2, 0.25) is 0 Å². The summed E-state index contributed by atoms with van der Waals surface area (Å²) in [7, 11) is 0. The molecular formula is C8H13F3. The van der Waals surface area contributed by atoms with Gasteiger partial charge in [0.15, 0.2) is 0 Å². The molecule has 3 heteroatoms. The van der Waals surface area contributed by atoms with E-state index in [1.165, 1.54) is 0 Å². The van der Waals surface area contributed by atoms with Crippen LogP contribution in [0, 0.1) is 0 Å². The third kappa shape index (κ3) is 7.43. The van der Waals surface area contributed by atoms with Gasteiger partial charge in [-0.15, -0.1) is 0 Å². The molecule has 0 amide bonds. The van der Waals surface area contributed by atoms with Crippen LogP contribution in [0.1, 0.15) is 32.6 Å². The third-order valence-electron chi connectivity index (χ3n) is 1.33. The molecule has 0 saturated heterocycles. The van der Waals surface area contributed by atoms with Gasteiger partial charge in [0.05, 0.1) is 6.42 Å². The molecule has 66 valence electrons. The van der Waals surface area contributed by atoms with Gasteiger partial charge in [0, 0.05) is 0 Å². The second-order valence-electron chi connectivity index (χ2n) is 2.65. The van der Waals surface area contributed by atoms with Gasteiger partial charge < -0.3 is 0 Å². The summed E-state index contributed by atoms with van der Waals surface area (Å²) >= 11 is 0. The van der Waals surface area contributed by atoms with Crippen molar-refractivity contribution in [2.24, 2.45) is 0 Å². The highest BCUT2D eigenvalue weighted by Crippen LogP contribution is 2.25. The average Bonchev–Trinajstić information content (AvgIpc) is 1.79. The number of unbranched alkanes of at least 4 members (excludes halogenated alkanes) is 1. The molecule has 0 aliphatic heterocycles. The molecule has 11 heavy (non-hydrogen) atoms. The van der Waals surface area contributed by atoms with Crippen LogP contribution in [-0.4, -0.2) is 6.18 Å². The number of allylic oxidation sites excluding steroid dienone is 1. The van der Waals surface area contributed by atoms with Crippen LogP contribution in [0.25, 0.3) is 0 Å². The first-order valence-corrected chi connectivity index (χ1v) is 3.69. The zero-order valence-corrected chi connectivity index (χ0v) is 6.67. The zero-order chi connectivity index (χ0) is 8.91. The van der Waals surface area contributed by atoms with Crippen molar-refractivity contribution in [3.8, 4) is 0 Å². The van der Waals surface area contributed by atoms with Crippen molar-refractivity contribution in [3.05, 3.63) is 12.2 Å². The Balaban J connectivity index is 3.53. The molecule has 0 aliphatic rings. The minimum absolute atomic E-state index is 0.291. The van der Waals surface area contributed by atoms with Gasteiger partial charge in [0.25, 0.3) is 0 Å². The predicted molar refractivity (Wildman–Crippen MR) is 39.3 cm³/mol. The van der Waals surface area contributed by atoms with E-state index in [-0.39, 0.29) is 0 Å². The van der Waals surface area contributed by atoms with Crippen molar-refractivity contribution in [2.75, 3.05) is 0 Å². The topological polar surface area (TPSA) is 0 Å². The van der Waals surface area contributed by atoms with E-state index >= 15 is 0 Å². The maximum absolute atomic E-state index is 11.7. The van der Waals surface area contributed by atoms with Gasteiger partial charge in [-0.05, 0) is 12.8 Å². The Hall–Kier alpha value is -0.470. The molecule has 0 aromatic carbocycles. The largest absolute Gasteiger partial charge is 0.392 e. The van der Waals surface area contributed by atoms with Gasteiger partial charge in [0.1, 0.15) is 0 Å². The Morgan fingerprint density at radius 1 is 1.36 bits per heavy atom. The molecular weight excluding hydrogens is 153 g/mol. The highest BCUT2D eigenvalue weighted by atomic mass is 19.4. The van der Waals surface area contributed by atoms with Crippen LogP contribution in [0.3, 0.4) is 0 Å². The van der Waals surface area contributed by atoms with Crippen LogP contribution in [-0.2, 0) is 0 Å². The fraction of sp³-hybridized carbons (Fsp3) is 0.750. The van der Waals surface area contributed by atoms with Crippen molar-refractivity contribution in [1.82, 2.24) is 0 Å². The lowest BCUT2D eigenvalue weighted by atomic mass is 10.1. The van der Waals surface area contributed by atoms with E-state index in [0.717, 1.165) is 12.8 Å². The number of hydrogen-bond acceptors (Lipinski definition) is 0. The van der Waals surface area contributed by atoms with E-state index in [1.807, 2.05) is 6.92 Å². The summed E-state index contributed by atoms with van der Waals surface area (Å²) in [5.41, 5.74) is 0.291. The molecule has 0 N–H and O–H groups in total. The molecule has 0 bridgehead atoms. The second-order valence-corrected chi connectivity index (χ2v) is 2.65. The predicted octanol–water partition coefficient (Wildman–Crippen LogP) is 3.69. The lowest BCUT2D eigenvalue weighted by Gasteiger charge is -2.07. The molecule has 0 aromatic rings. The number of alkyl halides is 3. The summed E-state index contributed by atoms with van der Waals surface area (Å²) in [6.45, 7) is 5.30. The highest BCUT2D eigenvalue weighted by molar-refractivity contribution is 4.95. The van der Waals surface area contributed by atoms with Crippen LogP contribution >= 0.6 is 0 Å².